The molecule has 0 aliphatic rings. The average molecular weight is 205 g/mol. The van der Waals surface area contributed by atoms with Crippen LogP contribution < -0.4 is 5.76 Å². The van der Waals surface area contributed by atoms with E-state index in [1.807, 2.05) is 18.2 Å². The van der Waals surface area contributed by atoms with E-state index in [0.29, 0.717) is 5.58 Å². The van der Waals surface area contributed by atoms with E-state index in [1.165, 1.54) is 10.1 Å². The molecule has 0 aliphatic heterocycles. The number of oxazole rings is 1. The largest absolute Gasteiger partial charge is 0.419 e. The summed E-state index contributed by atoms with van der Waals surface area (Å²) < 4.78 is 6.66. The third-order valence-electron chi connectivity index (χ3n) is 2.66. The standard InChI is InChI=1S/C12H15NO2/c1-12(2,3)8-5-6-9-10(7-8)15-11(14)13(9)4/h5-7H,1-4H3. The molecule has 15 heavy (non-hydrogen) atoms. The zero-order valence-electron chi connectivity index (χ0n) is 9.50. The maximum absolute atomic E-state index is 11.3. The van der Waals surface area contributed by atoms with Crippen molar-refractivity contribution in [1.82, 2.24) is 4.57 Å². The van der Waals surface area contributed by atoms with Crippen molar-refractivity contribution < 1.29 is 4.42 Å². The van der Waals surface area contributed by atoms with E-state index in [4.69, 9.17) is 4.42 Å². The molecule has 0 N–H and O–H groups in total. The van der Waals surface area contributed by atoms with Gasteiger partial charge in [0, 0.05) is 7.05 Å². The second-order valence-electron chi connectivity index (χ2n) is 4.86. The molecule has 80 valence electrons. The smallest absolute Gasteiger partial charge is 0.408 e. The van der Waals surface area contributed by atoms with Gasteiger partial charge in [-0.3, -0.25) is 4.57 Å². The number of aromatic nitrogens is 1. The molecule has 0 unspecified atom stereocenters. The highest BCUT2D eigenvalue weighted by molar-refractivity contribution is 5.74. The average Bonchev–Trinajstić information content (AvgIpc) is 2.41. The molecular weight excluding hydrogens is 190 g/mol. The van der Waals surface area contributed by atoms with Crippen molar-refractivity contribution >= 4 is 11.1 Å². The van der Waals surface area contributed by atoms with Crippen LogP contribution in [0.3, 0.4) is 0 Å². The van der Waals surface area contributed by atoms with Gasteiger partial charge in [-0.1, -0.05) is 26.8 Å². The van der Waals surface area contributed by atoms with Crippen molar-refractivity contribution in [2.24, 2.45) is 7.05 Å². The SMILES string of the molecule is Cn1c(=O)oc2cc(C(C)(C)C)ccc21. The third-order valence-corrected chi connectivity index (χ3v) is 2.66. The Hall–Kier alpha value is -1.51. The summed E-state index contributed by atoms with van der Waals surface area (Å²) >= 11 is 0. The summed E-state index contributed by atoms with van der Waals surface area (Å²) in [5.41, 5.74) is 2.75. The summed E-state index contributed by atoms with van der Waals surface area (Å²) in [4.78, 5) is 11.3. The van der Waals surface area contributed by atoms with Gasteiger partial charge in [-0.15, -0.1) is 0 Å². The number of nitrogens with zero attached hydrogens (tertiary/aromatic N) is 1. The summed E-state index contributed by atoms with van der Waals surface area (Å²) in [6.07, 6.45) is 0. The van der Waals surface area contributed by atoms with Gasteiger partial charge in [-0.25, -0.2) is 4.79 Å². The molecular formula is C12H15NO2. The van der Waals surface area contributed by atoms with E-state index in [0.717, 1.165) is 5.52 Å². The molecule has 3 nitrogen and oxygen atoms in total. The first-order chi connectivity index (χ1) is 6.89. The van der Waals surface area contributed by atoms with E-state index in [9.17, 15) is 4.79 Å². The molecule has 1 aromatic carbocycles. The molecule has 0 fully saturated rings. The highest BCUT2D eigenvalue weighted by Crippen LogP contribution is 2.25. The van der Waals surface area contributed by atoms with Crippen molar-refractivity contribution in [2.75, 3.05) is 0 Å². The first kappa shape index (κ1) is 10.0. The zero-order valence-corrected chi connectivity index (χ0v) is 9.50. The molecule has 0 saturated carbocycles. The van der Waals surface area contributed by atoms with Crippen molar-refractivity contribution in [1.29, 1.82) is 0 Å². The van der Waals surface area contributed by atoms with Gasteiger partial charge in [0.05, 0.1) is 5.52 Å². The van der Waals surface area contributed by atoms with Crippen molar-refractivity contribution in [3.8, 4) is 0 Å². The summed E-state index contributed by atoms with van der Waals surface area (Å²) in [6, 6.07) is 5.91. The van der Waals surface area contributed by atoms with Gasteiger partial charge in [-0.05, 0) is 23.1 Å². The molecule has 1 aromatic heterocycles. The van der Waals surface area contributed by atoms with Gasteiger partial charge in [0.15, 0.2) is 5.58 Å². The fraction of sp³-hybridized carbons (Fsp3) is 0.417. The molecule has 3 heteroatoms. The Labute approximate surface area is 88.3 Å². The van der Waals surface area contributed by atoms with Crippen LogP contribution in [0.1, 0.15) is 26.3 Å². The highest BCUT2D eigenvalue weighted by atomic mass is 16.4. The molecule has 0 amide bonds. The Morgan fingerprint density at radius 1 is 1.27 bits per heavy atom. The van der Waals surface area contributed by atoms with E-state index in [-0.39, 0.29) is 11.2 Å². The first-order valence-electron chi connectivity index (χ1n) is 4.99. The van der Waals surface area contributed by atoms with Crippen LogP contribution in [0.25, 0.3) is 11.1 Å². The molecule has 0 saturated heterocycles. The number of rotatable bonds is 0. The molecule has 0 atom stereocenters. The Morgan fingerprint density at radius 3 is 2.53 bits per heavy atom. The predicted octanol–water partition coefficient (Wildman–Crippen LogP) is 2.43. The number of hydrogen-bond donors (Lipinski definition) is 0. The second-order valence-corrected chi connectivity index (χ2v) is 4.86. The van der Waals surface area contributed by atoms with E-state index < -0.39 is 0 Å². The van der Waals surface area contributed by atoms with Crippen LogP contribution >= 0.6 is 0 Å². The van der Waals surface area contributed by atoms with Crippen LogP contribution in [-0.2, 0) is 12.5 Å². The molecule has 0 bridgehead atoms. The lowest BCUT2D eigenvalue weighted by Crippen LogP contribution is -2.10. The molecule has 1 heterocycles. The summed E-state index contributed by atoms with van der Waals surface area (Å²) in [5.74, 6) is -0.309. The Balaban J connectivity index is 2.73. The highest BCUT2D eigenvalue weighted by Gasteiger charge is 2.15. The normalized spacial score (nSPS) is 12.3. The maximum atomic E-state index is 11.3. The lowest BCUT2D eigenvalue weighted by molar-refractivity contribution is 0.526. The van der Waals surface area contributed by atoms with Crippen molar-refractivity contribution in [3.63, 3.8) is 0 Å². The predicted molar refractivity (Wildman–Crippen MR) is 60.2 cm³/mol. The molecule has 0 spiro atoms. The minimum atomic E-state index is -0.309. The molecule has 0 aliphatic carbocycles. The van der Waals surface area contributed by atoms with Crippen molar-refractivity contribution in [2.45, 2.75) is 26.2 Å². The van der Waals surface area contributed by atoms with Crippen LogP contribution in [0.5, 0.6) is 0 Å². The van der Waals surface area contributed by atoms with Gasteiger partial charge in [0.25, 0.3) is 0 Å². The molecule has 0 radical (unpaired) electrons. The minimum absolute atomic E-state index is 0.0720. The minimum Gasteiger partial charge on any atom is -0.408 e. The maximum Gasteiger partial charge on any atom is 0.419 e. The lowest BCUT2D eigenvalue weighted by atomic mass is 9.87. The zero-order chi connectivity index (χ0) is 11.2. The number of benzene rings is 1. The fourth-order valence-corrected chi connectivity index (χ4v) is 1.60. The van der Waals surface area contributed by atoms with E-state index in [1.54, 1.807) is 7.05 Å². The van der Waals surface area contributed by atoms with Crippen LogP contribution in [0.15, 0.2) is 27.4 Å². The van der Waals surface area contributed by atoms with Gasteiger partial charge < -0.3 is 4.42 Å². The Morgan fingerprint density at radius 2 is 1.93 bits per heavy atom. The summed E-state index contributed by atoms with van der Waals surface area (Å²) in [6.45, 7) is 6.40. The second kappa shape index (κ2) is 2.99. The van der Waals surface area contributed by atoms with Crippen LogP contribution in [0, 0.1) is 0 Å². The quantitative estimate of drug-likeness (QED) is 0.662. The Kier molecular flexibility index (Phi) is 2.00. The summed E-state index contributed by atoms with van der Waals surface area (Å²) in [7, 11) is 1.71. The topological polar surface area (TPSA) is 35.1 Å². The number of fused-ring (bicyclic) bond motifs is 1. The van der Waals surface area contributed by atoms with Gasteiger partial charge in [0.2, 0.25) is 0 Å². The van der Waals surface area contributed by atoms with Crippen LogP contribution in [0.2, 0.25) is 0 Å². The van der Waals surface area contributed by atoms with E-state index in [2.05, 4.69) is 20.8 Å². The first-order valence-corrected chi connectivity index (χ1v) is 4.99. The monoisotopic (exact) mass is 205 g/mol. The molecule has 2 aromatic rings. The third kappa shape index (κ3) is 1.58. The lowest BCUT2D eigenvalue weighted by Gasteiger charge is -2.18. The van der Waals surface area contributed by atoms with Gasteiger partial charge >= 0.3 is 5.76 Å². The fourth-order valence-electron chi connectivity index (χ4n) is 1.60. The Bertz CT molecular complexity index is 555. The van der Waals surface area contributed by atoms with Crippen LogP contribution in [-0.4, -0.2) is 4.57 Å². The van der Waals surface area contributed by atoms with Gasteiger partial charge in [0.1, 0.15) is 0 Å². The van der Waals surface area contributed by atoms with Crippen LogP contribution in [0.4, 0.5) is 0 Å². The number of aryl methyl sites for hydroxylation is 1. The van der Waals surface area contributed by atoms with Gasteiger partial charge in [-0.2, -0.15) is 0 Å². The van der Waals surface area contributed by atoms with Crippen molar-refractivity contribution in [3.05, 3.63) is 34.3 Å². The molecule has 2 rings (SSSR count). The summed E-state index contributed by atoms with van der Waals surface area (Å²) in [5, 5.41) is 0. The number of hydrogen-bond acceptors (Lipinski definition) is 2. The van der Waals surface area contributed by atoms with E-state index >= 15 is 0 Å².